The average molecular weight is 355 g/mol. The summed E-state index contributed by atoms with van der Waals surface area (Å²) in [7, 11) is 0. The number of anilines is 1. The van der Waals surface area contributed by atoms with Crippen molar-refractivity contribution in [2.75, 3.05) is 5.32 Å². The number of halogens is 1. The highest BCUT2D eigenvalue weighted by molar-refractivity contribution is 5.92. The van der Waals surface area contributed by atoms with E-state index in [2.05, 4.69) is 5.32 Å². The number of hydrogen-bond acceptors (Lipinski definition) is 3. The van der Waals surface area contributed by atoms with Gasteiger partial charge < -0.3 is 5.32 Å². The van der Waals surface area contributed by atoms with Gasteiger partial charge in [-0.25, -0.2) is 9.18 Å². The number of hydrogen-bond donors (Lipinski definition) is 1. The number of carbonyl (C=O) groups is 1. The Kier molecular flexibility index (Phi) is 4.71. The summed E-state index contributed by atoms with van der Waals surface area (Å²) in [6.45, 7) is 3.33. The van der Waals surface area contributed by atoms with Crippen LogP contribution in [0.1, 0.15) is 12.5 Å². The van der Waals surface area contributed by atoms with Crippen LogP contribution < -0.4 is 16.6 Å². The lowest BCUT2D eigenvalue weighted by Crippen LogP contribution is -2.41. The van der Waals surface area contributed by atoms with Gasteiger partial charge in [0.1, 0.15) is 12.4 Å². The van der Waals surface area contributed by atoms with E-state index in [1.165, 1.54) is 22.8 Å². The van der Waals surface area contributed by atoms with Crippen molar-refractivity contribution in [2.45, 2.75) is 26.9 Å². The molecule has 0 aliphatic rings. The SMILES string of the molecule is CCn1c(=O)c2ccccc2n(CC(=O)Nc2ccc(F)cc2C)c1=O. The Balaban J connectivity index is 2.02. The Bertz CT molecular complexity index is 1120. The molecule has 1 amide bonds. The molecule has 0 aliphatic carbocycles. The summed E-state index contributed by atoms with van der Waals surface area (Å²) in [6, 6.07) is 10.7. The van der Waals surface area contributed by atoms with Crippen LogP contribution in [0.3, 0.4) is 0 Å². The number of nitrogens with zero attached hydrogens (tertiary/aromatic N) is 2. The Morgan fingerprint density at radius 3 is 2.54 bits per heavy atom. The van der Waals surface area contributed by atoms with Crippen molar-refractivity contribution in [1.29, 1.82) is 0 Å². The molecule has 7 heteroatoms. The zero-order valence-electron chi connectivity index (χ0n) is 14.5. The zero-order valence-corrected chi connectivity index (χ0v) is 14.5. The van der Waals surface area contributed by atoms with Gasteiger partial charge in [0.15, 0.2) is 0 Å². The molecule has 0 saturated carbocycles. The van der Waals surface area contributed by atoms with Gasteiger partial charge >= 0.3 is 5.69 Å². The van der Waals surface area contributed by atoms with Crippen molar-refractivity contribution in [3.8, 4) is 0 Å². The van der Waals surface area contributed by atoms with Crippen LogP contribution in [0.25, 0.3) is 10.9 Å². The summed E-state index contributed by atoms with van der Waals surface area (Å²) in [4.78, 5) is 37.5. The lowest BCUT2D eigenvalue weighted by atomic mass is 10.2. The number of para-hydroxylation sites is 1. The second-order valence-corrected chi connectivity index (χ2v) is 5.94. The Hall–Kier alpha value is -3.22. The van der Waals surface area contributed by atoms with Gasteiger partial charge in [-0.2, -0.15) is 0 Å². The van der Waals surface area contributed by atoms with Gasteiger partial charge in [-0.05, 0) is 49.7 Å². The fourth-order valence-corrected chi connectivity index (χ4v) is 2.90. The van der Waals surface area contributed by atoms with Crippen LogP contribution in [-0.2, 0) is 17.9 Å². The van der Waals surface area contributed by atoms with Crippen LogP contribution in [0.4, 0.5) is 10.1 Å². The van der Waals surface area contributed by atoms with Crippen LogP contribution in [0.5, 0.6) is 0 Å². The normalized spacial score (nSPS) is 10.9. The minimum Gasteiger partial charge on any atom is -0.324 e. The van der Waals surface area contributed by atoms with Gasteiger partial charge in [0.25, 0.3) is 5.56 Å². The molecule has 6 nitrogen and oxygen atoms in total. The molecular weight excluding hydrogens is 337 g/mol. The van der Waals surface area contributed by atoms with Gasteiger partial charge in [-0.15, -0.1) is 0 Å². The highest BCUT2D eigenvalue weighted by Gasteiger charge is 2.15. The zero-order chi connectivity index (χ0) is 18.8. The first kappa shape index (κ1) is 17.6. The molecule has 0 saturated heterocycles. The molecule has 0 unspecified atom stereocenters. The van der Waals surface area contributed by atoms with E-state index in [9.17, 15) is 18.8 Å². The first-order valence-electron chi connectivity index (χ1n) is 8.20. The first-order chi connectivity index (χ1) is 12.4. The predicted molar refractivity (Wildman–Crippen MR) is 97.9 cm³/mol. The van der Waals surface area contributed by atoms with Crippen molar-refractivity contribution < 1.29 is 9.18 Å². The van der Waals surface area contributed by atoms with Gasteiger partial charge in [0.2, 0.25) is 5.91 Å². The molecule has 2 aromatic carbocycles. The fourth-order valence-electron chi connectivity index (χ4n) is 2.90. The third-order valence-corrected chi connectivity index (χ3v) is 4.21. The van der Waals surface area contributed by atoms with E-state index in [0.29, 0.717) is 22.2 Å². The number of aromatic nitrogens is 2. The number of carbonyl (C=O) groups excluding carboxylic acids is 1. The average Bonchev–Trinajstić information content (AvgIpc) is 2.61. The molecule has 26 heavy (non-hydrogen) atoms. The fraction of sp³-hybridized carbons (Fsp3) is 0.211. The molecule has 0 bridgehead atoms. The molecule has 0 atom stereocenters. The van der Waals surface area contributed by atoms with Crippen molar-refractivity contribution in [1.82, 2.24) is 9.13 Å². The highest BCUT2D eigenvalue weighted by Crippen LogP contribution is 2.16. The summed E-state index contributed by atoms with van der Waals surface area (Å²) in [6.07, 6.45) is 0. The van der Waals surface area contributed by atoms with E-state index in [4.69, 9.17) is 0 Å². The molecule has 1 aromatic heterocycles. The van der Waals surface area contributed by atoms with Gasteiger partial charge in [-0.3, -0.25) is 18.7 Å². The summed E-state index contributed by atoms with van der Waals surface area (Å²) in [5.41, 5.74) is 0.533. The maximum Gasteiger partial charge on any atom is 0.331 e. The highest BCUT2D eigenvalue weighted by atomic mass is 19.1. The largest absolute Gasteiger partial charge is 0.331 e. The number of aryl methyl sites for hydroxylation is 1. The minimum atomic E-state index is -0.540. The third-order valence-electron chi connectivity index (χ3n) is 4.21. The molecule has 0 spiro atoms. The van der Waals surface area contributed by atoms with Crippen molar-refractivity contribution in [3.05, 3.63) is 74.7 Å². The summed E-state index contributed by atoms with van der Waals surface area (Å²) < 4.78 is 15.6. The molecule has 134 valence electrons. The minimum absolute atomic E-state index is 0.210. The Morgan fingerprint density at radius 1 is 1.12 bits per heavy atom. The maximum absolute atomic E-state index is 13.2. The van der Waals surface area contributed by atoms with Crippen LogP contribution in [0.2, 0.25) is 0 Å². The Morgan fingerprint density at radius 2 is 1.85 bits per heavy atom. The summed E-state index contributed by atoms with van der Waals surface area (Å²) in [5, 5.41) is 3.05. The van der Waals surface area contributed by atoms with Crippen molar-refractivity contribution >= 4 is 22.5 Å². The van der Waals surface area contributed by atoms with Crippen LogP contribution in [-0.4, -0.2) is 15.0 Å². The standard InChI is InChI=1S/C19H18FN3O3/c1-3-22-18(25)14-6-4-5-7-16(14)23(19(22)26)11-17(24)21-15-9-8-13(20)10-12(15)2/h4-10H,3,11H2,1-2H3,(H,21,24). The van der Waals surface area contributed by atoms with Crippen molar-refractivity contribution in [2.24, 2.45) is 0 Å². The molecule has 1 N–H and O–H groups in total. The van der Waals surface area contributed by atoms with Crippen LogP contribution in [0.15, 0.2) is 52.1 Å². The number of amides is 1. The van der Waals surface area contributed by atoms with Gasteiger partial charge in [-0.1, -0.05) is 12.1 Å². The second-order valence-electron chi connectivity index (χ2n) is 5.94. The third kappa shape index (κ3) is 3.15. The monoisotopic (exact) mass is 355 g/mol. The molecular formula is C19H18FN3O3. The van der Waals surface area contributed by atoms with Crippen molar-refractivity contribution in [3.63, 3.8) is 0 Å². The quantitative estimate of drug-likeness (QED) is 0.780. The topological polar surface area (TPSA) is 73.1 Å². The lowest BCUT2D eigenvalue weighted by Gasteiger charge is -2.14. The predicted octanol–water partition coefficient (Wildman–Crippen LogP) is 2.27. The van der Waals surface area contributed by atoms with Crippen LogP contribution in [0, 0.1) is 12.7 Å². The lowest BCUT2D eigenvalue weighted by molar-refractivity contribution is -0.116. The smallest absolute Gasteiger partial charge is 0.324 e. The van der Waals surface area contributed by atoms with Gasteiger partial charge in [0.05, 0.1) is 10.9 Å². The molecule has 0 fully saturated rings. The molecule has 1 heterocycles. The van der Waals surface area contributed by atoms with E-state index >= 15 is 0 Å². The van der Waals surface area contributed by atoms with Crippen LogP contribution >= 0.6 is 0 Å². The Labute approximate surface area is 148 Å². The molecule has 0 radical (unpaired) electrons. The van der Waals surface area contributed by atoms with Gasteiger partial charge in [0, 0.05) is 12.2 Å². The number of nitrogens with one attached hydrogen (secondary N) is 1. The summed E-state index contributed by atoms with van der Waals surface area (Å²) >= 11 is 0. The van der Waals surface area contributed by atoms with E-state index in [0.717, 1.165) is 4.57 Å². The van der Waals surface area contributed by atoms with E-state index in [1.807, 2.05) is 0 Å². The number of fused-ring (bicyclic) bond motifs is 1. The molecule has 0 aliphatic heterocycles. The second kappa shape index (κ2) is 6.95. The number of benzene rings is 2. The summed E-state index contributed by atoms with van der Waals surface area (Å²) in [5.74, 6) is -0.828. The molecule has 3 aromatic rings. The number of rotatable bonds is 4. The molecule has 3 rings (SSSR count). The van der Waals surface area contributed by atoms with E-state index < -0.39 is 17.4 Å². The first-order valence-corrected chi connectivity index (χ1v) is 8.20. The maximum atomic E-state index is 13.2. The van der Waals surface area contributed by atoms with E-state index in [-0.39, 0.29) is 18.6 Å². The van der Waals surface area contributed by atoms with E-state index in [1.54, 1.807) is 38.1 Å².